The van der Waals surface area contributed by atoms with Crippen LogP contribution in [-0.2, 0) is 12.0 Å². The smallest absolute Gasteiger partial charge is 0.166 e. The summed E-state index contributed by atoms with van der Waals surface area (Å²) >= 11 is 0. The maximum Gasteiger partial charge on any atom is 0.166 e. The van der Waals surface area contributed by atoms with Crippen LogP contribution in [0, 0.1) is 0 Å². The minimum Gasteiger partial charge on any atom is -0.486 e. The molecule has 27 heavy (non-hydrogen) atoms. The zero-order valence-electron chi connectivity index (χ0n) is 15.5. The highest BCUT2D eigenvalue weighted by Crippen LogP contribution is 2.32. The zero-order chi connectivity index (χ0) is 18.7. The van der Waals surface area contributed by atoms with Crippen molar-refractivity contribution in [1.82, 2.24) is 15.0 Å². The molecule has 0 fully saturated rings. The van der Waals surface area contributed by atoms with Gasteiger partial charge in [0.05, 0.1) is 11.7 Å². The first kappa shape index (κ1) is 17.2. The van der Waals surface area contributed by atoms with E-state index in [1.165, 1.54) is 11.1 Å². The van der Waals surface area contributed by atoms with Gasteiger partial charge in [-0.15, -0.1) is 0 Å². The Bertz CT molecular complexity index is 1040. The number of hydrogen-bond donors (Lipinski definition) is 0. The number of hydrogen-bond acceptors (Lipinski definition) is 4. The number of aromatic nitrogens is 3. The molecule has 0 amide bonds. The minimum atomic E-state index is -0.0613. The molecule has 0 bridgehead atoms. The average molecular weight is 355 g/mol. The third kappa shape index (κ3) is 3.65. The van der Waals surface area contributed by atoms with Crippen LogP contribution in [0.5, 0.6) is 5.75 Å². The summed E-state index contributed by atoms with van der Waals surface area (Å²) in [7, 11) is 0. The van der Waals surface area contributed by atoms with E-state index in [-0.39, 0.29) is 5.41 Å². The van der Waals surface area contributed by atoms with Crippen molar-refractivity contribution in [1.29, 1.82) is 0 Å². The van der Waals surface area contributed by atoms with Crippen molar-refractivity contribution in [2.45, 2.75) is 25.9 Å². The van der Waals surface area contributed by atoms with Gasteiger partial charge in [0.1, 0.15) is 12.4 Å². The Kier molecular flexibility index (Phi) is 4.55. The third-order valence-electron chi connectivity index (χ3n) is 4.87. The lowest BCUT2D eigenvalue weighted by atomic mass is 9.78. The molecule has 0 spiro atoms. The number of rotatable bonds is 5. The Labute approximate surface area is 158 Å². The standard InChI is InChI=1S/C23H21N3O/c1-23(2,18-6-4-3-5-7-18)19-8-10-20(11-9-19)27-16-22-25-14-17-12-13-24-15-21(17)26-22/h3-15H,16H2,1-2H3. The topological polar surface area (TPSA) is 47.9 Å². The van der Waals surface area contributed by atoms with Gasteiger partial charge in [-0.05, 0) is 29.3 Å². The van der Waals surface area contributed by atoms with Gasteiger partial charge in [0, 0.05) is 23.2 Å². The summed E-state index contributed by atoms with van der Waals surface area (Å²) in [6, 6.07) is 20.7. The SMILES string of the molecule is CC(C)(c1ccccc1)c1ccc(OCc2ncc3ccncc3n2)cc1. The lowest BCUT2D eigenvalue weighted by molar-refractivity contribution is 0.296. The number of pyridine rings is 1. The third-order valence-corrected chi connectivity index (χ3v) is 4.87. The number of nitrogens with zero attached hydrogens (tertiary/aromatic N) is 3. The second-order valence-corrected chi connectivity index (χ2v) is 7.02. The van der Waals surface area contributed by atoms with E-state index in [0.717, 1.165) is 16.7 Å². The highest BCUT2D eigenvalue weighted by molar-refractivity contribution is 5.76. The summed E-state index contributed by atoms with van der Waals surface area (Å²) in [4.78, 5) is 12.9. The first-order chi connectivity index (χ1) is 13.1. The van der Waals surface area contributed by atoms with Gasteiger partial charge in [-0.2, -0.15) is 0 Å². The number of benzene rings is 2. The first-order valence-electron chi connectivity index (χ1n) is 8.97. The van der Waals surface area contributed by atoms with Crippen LogP contribution in [0.4, 0.5) is 0 Å². The molecular weight excluding hydrogens is 334 g/mol. The molecule has 4 heteroatoms. The summed E-state index contributed by atoms with van der Waals surface area (Å²) < 4.78 is 5.87. The summed E-state index contributed by atoms with van der Waals surface area (Å²) in [5, 5.41) is 0.973. The molecule has 4 aromatic rings. The van der Waals surface area contributed by atoms with Crippen molar-refractivity contribution in [3.8, 4) is 5.75 Å². The Morgan fingerprint density at radius 2 is 1.59 bits per heavy atom. The molecule has 2 heterocycles. The summed E-state index contributed by atoms with van der Waals surface area (Å²) in [6.07, 6.45) is 5.27. The summed E-state index contributed by atoms with van der Waals surface area (Å²) in [5.41, 5.74) is 3.30. The molecule has 134 valence electrons. The molecule has 0 atom stereocenters. The largest absolute Gasteiger partial charge is 0.486 e. The Balaban J connectivity index is 1.47. The van der Waals surface area contributed by atoms with Crippen molar-refractivity contribution >= 4 is 10.9 Å². The quantitative estimate of drug-likeness (QED) is 0.509. The molecular formula is C23H21N3O. The van der Waals surface area contributed by atoms with Crippen molar-refractivity contribution in [3.05, 3.63) is 96.2 Å². The molecule has 2 aromatic carbocycles. The second-order valence-electron chi connectivity index (χ2n) is 7.02. The molecule has 0 aliphatic heterocycles. The number of ether oxygens (including phenoxy) is 1. The van der Waals surface area contributed by atoms with Gasteiger partial charge in [0.2, 0.25) is 0 Å². The van der Waals surface area contributed by atoms with Crippen LogP contribution in [0.1, 0.15) is 30.8 Å². The van der Waals surface area contributed by atoms with Gasteiger partial charge in [-0.1, -0.05) is 56.3 Å². The molecule has 4 nitrogen and oxygen atoms in total. The normalized spacial score (nSPS) is 11.5. The van der Waals surface area contributed by atoms with E-state index in [0.29, 0.717) is 12.4 Å². The predicted octanol–water partition coefficient (Wildman–Crippen LogP) is 4.93. The molecule has 4 rings (SSSR count). The molecule has 0 saturated heterocycles. The molecule has 2 aromatic heterocycles. The van der Waals surface area contributed by atoms with Gasteiger partial charge in [-0.3, -0.25) is 4.98 Å². The molecule has 0 aliphatic rings. The average Bonchev–Trinajstić information content (AvgIpc) is 2.73. The van der Waals surface area contributed by atoms with E-state index in [9.17, 15) is 0 Å². The van der Waals surface area contributed by atoms with Gasteiger partial charge < -0.3 is 4.74 Å². The Hall–Kier alpha value is -3.27. The van der Waals surface area contributed by atoms with Crippen molar-refractivity contribution < 1.29 is 4.74 Å². The Morgan fingerprint density at radius 1 is 0.852 bits per heavy atom. The van der Waals surface area contributed by atoms with E-state index in [4.69, 9.17) is 4.74 Å². The molecule has 0 unspecified atom stereocenters. The molecule has 0 aliphatic carbocycles. The van der Waals surface area contributed by atoms with E-state index in [2.05, 4.69) is 65.2 Å². The van der Waals surface area contributed by atoms with Crippen molar-refractivity contribution in [3.63, 3.8) is 0 Å². The summed E-state index contributed by atoms with van der Waals surface area (Å²) in [6.45, 7) is 4.79. The lowest BCUT2D eigenvalue weighted by Gasteiger charge is -2.26. The maximum atomic E-state index is 5.87. The van der Waals surface area contributed by atoms with Gasteiger partial charge in [-0.25, -0.2) is 9.97 Å². The fourth-order valence-corrected chi connectivity index (χ4v) is 3.12. The van der Waals surface area contributed by atoms with E-state index >= 15 is 0 Å². The van der Waals surface area contributed by atoms with Crippen molar-refractivity contribution in [2.75, 3.05) is 0 Å². The minimum absolute atomic E-state index is 0.0613. The van der Waals surface area contributed by atoms with Crippen LogP contribution in [0.3, 0.4) is 0 Å². The fourth-order valence-electron chi connectivity index (χ4n) is 3.12. The van der Waals surface area contributed by atoms with E-state index in [1.807, 2.05) is 24.3 Å². The van der Waals surface area contributed by atoms with Crippen LogP contribution in [0.2, 0.25) is 0 Å². The van der Waals surface area contributed by atoms with Crippen LogP contribution in [-0.4, -0.2) is 15.0 Å². The fraction of sp³-hybridized carbons (Fsp3) is 0.174. The maximum absolute atomic E-state index is 5.87. The molecule has 0 saturated carbocycles. The number of fused-ring (bicyclic) bond motifs is 1. The van der Waals surface area contributed by atoms with E-state index in [1.54, 1.807) is 18.6 Å². The highest BCUT2D eigenvalue weighted by Gasteiger charge is 2.22. The van der Waals surface area contributed by atoms with Crippen LogP contribution >= 0.6 is 0 Å². The lowest BCUT2D eigenvalue weighted by Crippen LogP contribution is -2.18. The van der Waals surface area contributed by atoms with Gasteiger partial charge >= 0.3 is 0 Å². The molecule has 0 N–H and O–H groups in total. The first-order valence-corrected chi connectivity index (χ1v) is 8.97. The summed E-state index contributed by atoms with van der Waals surface area (Å²) in [5.74, 6) is 1.45. The van der Waals surface area contributed by atoms with Crippen LogP contribution < -0.4 is 4.74 Å². The van der Waals surface area contributed by atoms with Crippen molar-refractivity contribution in [2.24, 2.45) is 0 Å². The monoisotopic (exact) mass is 355 g/mol. The van der Waals surface area contributed by atoms with Gasteiger partial charge in [0.15, 0.2) is 5.82 Å². The zero-order valence-corrected chi connectivity index (χ0v) is 15.5. The molecule has 0 radical (unpaired) electrons. The Morgan fingerprint density at radius 3 is 2.37 bits per heavy atom. The second kappa shape index (κ2) is 7.16. The predicted molar refractivity (Wildman–Crippen MR) is 107 cm³/mol. The van der Waals surface area contributed by atoms with Crippen LogP contribution in [0.15, 0.2) is 79.3 Å². The highest BCUT2D eigenvalue weighted by atomic mass is 16.5. The van der Waals surface area contributed by atoms with Gasteiger partial charge in [0.25, 0.3) is 0 Å². The van der Waals surface area contributed by atoms with E-state index < -0.39 is 0 Å². The van der Waals surface area contributed by atoms with Crippen LogP contribution in [0.25, 0.3) is 10.9 Å².